The van der Waals surface area contributed by atoms with Crippen molar-refractivity contribution in [3.05, 3.63) is 26.6 Å². The van der Waals surface area contributed by atoms with Crippen molar-refractivity contribution in [2.45, 2.75) is 19.4 Å². The zero-order chi connectivity index (χ0) is 11.4. The Balaban J connectivity index is 3.34. The summed E-state index contributed by atoms with van der Waals surface area (Å²) in [4.78, 5) is 3.73. The van der Waals surface area contributed by atoms with Gasteiger partial charge in [-0.2, -0.15) is 5.26 Å². The van der Waals surface area contributed by atoms with E-state index in [2.05, 4.69) is 4.98 Å². The average Bonchev–Trinajstić information content (AvgIpc) is 2.19. The Bertz CT molecular complexity index is 401. The summed E-state index contributed by atoms with van der Waals surface area (Å²) in [5.41, 5.74) is 5.92. The summed E-state index contributed by atoms with van der Waals surface area (Å²) in [6.45, 7) is 0.134. The van der Waals surface area contributed by atoms with Crippen molar-refractivity contribution in [2.75, 3.05) is 0 Å². The Kier molecular flexibility index (Phi) is 4.35. The molecule has 0 aromatic carbocycles. The molecule has 3 nitrogen and oxygen atoms in total. The van der Waals surface area contributed by atoms with Gasteiger partial charge in [-0.15, -0.1) is 0 Å². The molecule has 0 fully saturated rings. The van der Waals surface area contributed by atoms with Crippen LogP contribution in [0.1, 0.15) is 23.2 Å². The van der Waals surface area contributed by atoms with Gasteiger partial charge in [0.15, 0.2) is 0 Å². The fourth-order valence-corrected chi connectivity index (χ4v) is 1.89. The predicted molar refractivity (Wildman–Crippen MR) is 59.1 cm³/mol. The SMILES string of the molecule is N#CCc1c(CN)cc(I)nc1C(F)F. The van der Waals surface area contributed by atoms with Crippen LogP contribution in [0.25, 0.3) is 0 Å². The second-order valence-corrected chi connectivity index (χ2v) is 3.91. The van der Waals surface area contributed by atoms with Gasteiger partial charge in [-0.3, -0.25) is 0 Å². The smallest absolute Gasteiger partial charge is 0.280 e. The summed E-state index contributed by atoms with van der Waals surface area (Å²) in [7, 11) is 0. The highest BCUT2D eigenvalue weighted by molar-refractivity contribution is 14.1. The van der Waals surface area contributed by atoms with Crippen molar-refractivity contribution in [1.29, 1.82) is 5.26 Å². The van der Waals surface area contributed by atoms with Crippen LogP contribution in [0, 0.1) is 15.0 Å². The van der Waals surface area contributed by atoms with E-state index < -0.39 is 6.43 Å². The van der Waals surface area contributed by atoms with E-state index in [1.54, 1.807) is 6.07 Å². The van der Waals surface area contributed by atoms with Gasteiger partial charge in [0.05, 0.1) is 12.5 Å². The molecule has 0 aliphatic carbocycles. The molecule has 0 bridgehead atoms. The van der Waals surface area contributed by atoms with Crippen molar-refractivity contribution >= 4 is 22.6 Å². The summed E-state index contributed by atoms with van der Waals surface area (Å²) in [6, 6.07) is 3.47. The second-order valence-electron chi connectivity index (χ2n) is 2.81. The number of nitriles is 1. The van der Waals surface area contributed by atoms with E-state index in [4.69, 9.17) is 11.0 Å². The minimum absolute atomic E-state index is 0.0872. The van der Waals surface area contributed by atoms with Crippen LogP contribution in [-0.4, -0.2) is 4.98 Å². The molecule has 0 atom stereocenters. The first kappa shape index (κ1) is 12.3. The second kappa shape index (κ2) is 5.32. The molecule has 2 N–H and O–H groups in total. The van der Waals surface area contributed by atoms with Crippen molar-refractivity contribution in [3.63, 3.8) is 0 Å². The fraction of sp³-hybridized carbons (Fsp3) is 0.333. The fourth-order valence-electron chi connectivity index (χ4n) is 1.26. The largest absolute Gasteiger partial charge is 0.326 e. The zero-order valence-corrected chi connectivity index (χ0v) is 9.83. The minimum atomic E-state index is -2.67. The number of alkyl halides is 2. The Hall–Kier alpha value is -0.810. The maximum atomic E-state index is 12.6. The first-order chi connectivity index (χ1) is 7.10. The van der Waals surface area contributed by atoms with Crippen LogP contribution in [0.15, 0.2) is 6.07 Å². The molecule has 0 unspecified atom stereocenters. The van der Waals surface area contributed by atoms with Gasteiger partial charge in [-0.05, 0) is 39.8 Å². The highest BCUT2D eigenvalue weighted by atomic mass is 127. The molecule has 0 saturated carbocycles. The Morgan fingerprint density at radius 3 is 2.73 bits per heavy atom. The zero-order valence-electron chi connectivity index (χ0n) is 7.67. The Morgan fingerprint density at radius 1 is 1.60 bits per heavy atom. The number of hydrogen-bond donors (Lipinski definition) is 1. The molecule has 1 heterocycles. The van der Waals surface area contributed by atoms with Crippen molar-refractivity contribution in [2.24, 2.45) is 5.73 Å². The van der Waals surface area contributed by atoms with Gasteiger partial charge in [0, 0.05) is 6.54 Å². The summed E-state index contributed by atoms with van der Waals surface area (Å²) in [5.74, 6) is 0. The molecule has 0 aliphatic heterocycles. The number of hydrogen-bond acceptors (Lipinski definition) is 3. The predicted octanol–water partition coefficient (Wildman–Crippen LogP) is 2.15. The molecule has 0 saturated heterocycles. The molecule has 1 aromatic heterocycles. The lowest BCUT2D eigenvalue weighted by Gasteiger charge is -2.10. The standard InChI is InChI=1S/C9H8F2IN3/c10-9(11)8-6(1-2-13)5(4-14)3-7(12)15-8/h3,9H,1,4,14H2. The molecule has 6 heteroatoms. The summed E-state index contributed by atoms with van der Waals surface area (Å²) >= 11 is 1.85. The topological polar surface area (TPSA) is 62.7 Å². The number of halogens is 3. The normalized spacial score (nSPS) is 10.4. The van der Waals surface area contributed by atoms with Gasteiger partial charge in [-0.25, -0.2) is 13.8 Å². The number of pyridine rings is 1. The summed E-state index contributed by atoms with van der Waals surface area (Å²) in [5, 5.41) is 8.55. The summed E-state index contributed by atoms with van der Waals surface area (Å²) in [6.07, 6.45) is -2.76. The molecule has 0 spiro atoms. The molecular formula is C9H8F2IN3. The highest BCUT2D eigenvalue weighted by Gasteiger charge is 2.18. The lowest BCUT2D eigenvalue weighted by Crippen LogP contribution is -2.08. The maximum absolute atomic E-state index is 12.6. The van der Waals surface area contributed by atoms with E-state index in [9.17, 15) is 8.78 Å². The van der Waals surface area contributed by atoms with E-state index in [1.165, 1.54) is 0 Å². The van der Waals surface area contributed by atoms with Crippen LogP contribution in [-0.2, 0) is 13.0 Å². The minimum Gasteiger partial charge on any atom is -0.326 e. The first-order valence-electron chi connectivity index (χ1n) is 4.13. The lowest BCUT2D eigenvalue weighted by molar-refractivity contribution is 0.144. The molecule has 1 aromatic rings. The van der Waals surface area contributed by atoms with E-state index in [-0.39, 0.29) is 24.2 Å². The van der Waals surface area contributed by atoms with Gasteiger partial charge in [0.2, 0.25) is 0 Å². The molecule has 80 valence electrons. The van der Waals surface area contributed by atoms with E-state index in [0.717, 1.165) is 0 Å². The number of nitrogens with two attached hydrogens (primary N) is 1. The Morgan fingerprint density at radius 2 is 2.27 bits per heavy atom. The third kappa shape index (κ3) is 2.82. The van der Waals surface area contributed by atoms with Crippen LogP contribution < -0.4 is 5.73 Å². The quantitative estimate of drug-likeness (QED) is 0.685. The molecule has 0 radical (unpaired) electrons. The molecule has 15 heavy (non-hydrogen) atoms. The van der Waals surface area contributed by atoms with Gasteiger partial charge < -0.3 is 5.73 Å². The van der Waals surface area contributed by atoms with E-state index >= 15 is 0 Å². The van der Waals surface area contributed by atoms with Crippen molar-refractivity contribution < 1.29 is 8.78 Å². The van der Waals surface area contributed by atoms with E-state index in [1.807, 2.05) is 28.7 Å². The number of rotatable bonds is 3. The first-order valence-corrected chi connectivity index (χ1v) is 5.21. The van der Waals surface area contributed by atoms with Crippen LogP contribution in [0.2, 0.25) is 0 Å². The van der Waals surface area contributed by atoms with Crippen molar-refractivity contribution in [1.82, 2.24) is 4.98 Å². The number of aromatic nitrogens is 1. The van der Waals surface area contributed by atoms with Crippen LogP contribution in [0.4, 0.5) is 8.78 Å². The Labute approximate surface area is 99.4 Å². The molecule has 0 amide bonds. The van der Waals surface area contributed by atoms with Gasteiger partial charge in [0.25, 0.3) is 6.43 Å². The monoisotopic (exact) mass is 323 g/mol. The highest BCUT2D eigenvalue weighted by Crippen LogP contribution is 2.25. The third-order valence-electron chi connectivity index (χ3n) is 1.90. The third-order valence-corrected chi connectivity index (χ3v) is 2.45. The molecule has 1 rings (SSSR count). The van der Waals surface area contributed by atoms with Gasteiger partial charge >= 0.3 is 0 Å². The van der Waals surface area contributed by atoms with Crippen LogP contribution in [0.5, 0.6) is 0 Å². The van der Waals surface area contributed by atoms with Crippen LogP contribution >= 0.6 is 22.6 Å². The van der Waals surface area contributed by atoms with E-state index in [0.29, 0.717) is 9.26 Å². The number of nitrogens with zero attached hydrogens (tertiary/aromatic N) is 2. The van der Waals surface area contributed by atoms with Gasteiger partial charge in [-0.1, -0.05) is 0 Å². The average molecular weight is 323 g/mol. The summed E-state index contributed by atoms with van der Waals surface area (Å²) < 4.78 is 25.7. The van der Waals surface area contributed by atoms with Gasteiger partial charge in [0.1, 0.15) is 9.39 Å². The maximum Gasteiger partial charge on any atom is 0.280 e. The lowest BCUT2D eigenvalue weighted by atomic mass is 10.0. The molecule has 0 aliphatic rings. The van der Waals surface area contributed by atoms with Crippen molar-refractivity contribution in [3.8, 4) is 6.07 Å². The molecular weight excluding hydrogens is 315 g/mol. The van der Waals surface area contributed by atoms with Crippen LogP contribution in [0.3, 0.4) is 0 Å².